The predicted molar refractivity (Wildman–Crippen MR) is 73.7 cm³/mol. The molecule has 0 radical (unpaired) electrons. The Balaban J connectivity index is 2.82. The molecule has 0 spiro atoms. The summed E-state index contributed by atoms with van der Waals surface area (Å²) in [5.41, 5.74) is 3.47. The van der Waals surface area contributed by atoms with Gasteiger partial charge in [-0.05, 0) is 0 Å². The van der Waals surface area contributed by atoms with Crippen LogP contribution in [0.25, 0.3) is 0 Å². The van der Waals surface area contributed by atoms with Crippen LogP contribution in [0, 0.1) is 5.92 Å². The summed E-state index contributed by atoms with van der Waals surface area (Å²) >= 11 is 0. The Bertz CT molecular complexity index is 308. The van der Waals surface area contributed by atoms with E-state index in [4.69, 9.17) is 0 Å². The summed E-state index contributed by atoms with van der Waals surface area (Å²) in [6.45, 7) is 14.9. The molecule has 0 unspecified atom stereocenters. The molecule has 1 aliphatic rings. The van der Waals surface area contributed by atoms with Gasteiger partial charge in [0.05, 0.1) is 0 Å². The van der Waals surface area contributed by atoms with Crippen LogP contribution >= 0.6 is 0 Å². The summed E-state index contributed by atoms with van der Waals surface area (Å²) in [5.74, 6) is 0.487. The van der Waals surface area contributed by atoms with Crippen molar-refractivity contribution in [1.82, 2.24) is 9.71 Å². The van der Waals surface area contributed by atoms with E-state index in [1.54, 1.807) is 0 Å². The van der Waals surface area contributed by atoms with E-state index < -0.39 is 0 Å². The number of hydrogen-bond acceptors (Lipinski definition) is 2. The molecule has 1 rings (SSSR count). The Hall–Kier alpha value is -0.855. The van der Waals surface area contributed by atoms with Crippen molar-refractivity contribution in [1.29, 1.82) is 0 Å². The number of likely N-dealkylation sites (N-methyl/N-ethyl adjacent to an activating group) is 1. The van der Waals surface area contributed by atoms with Crippen molar-refractivity contribution >= 4 is 26.8 Å². The van der Waals surface area contributed by atoms with E-state index in [2.05, 4.69) is 43.5 Å². The van der Waals surface area contributed by atoms with E-state index >= 15 is 0 Å². The summed E-state index contributed by atoms with van der Waals surface area (Å²) < 4.78 is 0. The SMILES string of the molecule is C=C(C1=BBBN1C(=C)C(C)C)N(C)C. The molecular weight excluding hydrogens is 181 g/mol. The van der Waals surface area contributed by atoms with Crippen molar-refractivity contribution in [3.05, 3.63) is 24.6 Å². The van der Waals surface area contributed by atoms with Gasteiger partial charge in [-0.3, -0.25) is 0 Å². The fraction of sp³-hybridized carbons (Fsp3) is 0.500. The van der Waals surface area contributed by atoms with E-state index in [1.807, 2.05) is 14.1 Å². The van der Waals surface area contributed by atoms with Gasteiger partial charge in [0.2, 0.25) is 0 Å². The first-order valence-electron chi connectivity index (χ1n) is 5.48. The summed E-state index contributed by atoms with van der Waals surface area (Å²) in [4.78, 5) is 4.34. The van der Waals surface area contributed by atoms with E-state index in [-0.39, 0.29) is 0 Å². The average Bonchev–Trinajstić information content (AvgIpc) is 2.63. The molecule has 1 aliphatic heterocycles. The Morgan fingerprint density at radius 2 is 2.00 bits per heavy atom. The summed E-state index contributed by atoms with van der Waals surface area (Å²) in [7, 11) is 6.18. The third kappa shape index (κ3) is 2.58. The molecule has 78 valence electrons. The second-order valence-corrected chi connectivity index (χ2v) is 4.52. The van der Waals surface area contributed by atoms with Crippen molar-refractivity contribution in [3.63, 3.8) is 0 Å². The monoisotopic (exact) mass is 200 g/mol. The molecule has 0 saturated heterocycles. The minimum atomic E-state index is 0.487. The van der Waals surface area contributed by atoms with Gasteiger partial charge in [-0.1, -0.05) is 0 Å². The molecular formula is C10H19B3N2. The van der Waals surface area contributed by atoms with Crippen LogP contribution in [-0.2, 0) is 0 Å². The average molecular weight is 200 g/mol. The van der Waals surface area contributed by atoms with Gasteiger partial charge in [0, 0.05) is 0 Å². The first-order valence-corrected chi connectivity index (χ1v) is 5.48. The molecule has 0 aromatic heterocycles. The van der Waals surface area contributed by atoms with Gasteiger partial charge < -0.3 is 0 Å². The fourth-order valence-electron chi connectivity index (χ4n) is 1.67. The Morgan fingerprint density at radius 3 is 2.47 bits per heavy atom. The van der Waals surface area contributed by atoms with Gasteiger partial charge >= 0.3 is 94.9 Å². The molecule has 15 heavy (non-hydrogen) atoms. The molecule has 0 aromatic rings. The molecule has 0 N–H and O–H groups in total. The zero-order valence-corrected chi connectivity index (χ0v) is 10.4. The normalized spacial score (nSPS) is 13.9. The maximum atomic E-state index is 4.15. The van der Waals surface area contributed by atoms with Crippen LogP contribution in [0.3, 0.4) is 0 Å². The summed E-state index contributed by atoms with van der Waals surface area (Å²) in [5, 5.41) is 0. The molecule has 5 heteroatoms. The second-order valence-electron chi connectivity index (χ2n) is 4.52. The summed E-state index contributed by atoms with van der Waals surface area (Å²) in [6.07, 6.45) is 0. The quantitative estimate of drug-likeness (QED) is 0.589. The molecule has 0 aromatic carbocycles. The molecule has 0 aliphatic carbocycles. The zero-order chi connectivity index (χ0) is 11.6. The molecule has 0 saturated carbocycles. The first kappa shape index (κ1) is 12.2. The van der Waals surface area contributed by atoms with Crippen molar-refractivity contribution < 1.29 is 0 Å². The van der Waals surface area contributed by atoms with Gasteiger partial charge in [-0.15, -0.1) is 0 Å². The van der Waals surface area contributed by atoms with Gasteiger partial charge in [0.1, 0.15) is 0 Å². The third-order valence-corrected chi connectivity index (χ3v) is 2.83. The van der Waals surface area contributed by atoms with Crippen LogP contribution in [-0.4, -0.2) is 50.6 Å². The Morgan fingerprint density at radius 1 is 1.40 bits per heavy atom. The number of rotatable bonds is 4. The second kappa shape index (κ2) is 4.78. The van der Waals surface area contributed by atoms with E-state index in [1.165, 1.54) is 11.3 Å². The Labute approximate surface area is 95.4 Å². The number of hydrogen-bond donors (Lipinski definition) is 0. The molecule has 0 bridgehead atoms. The van der Waals surface area contributed by atoms with Crippen LogP contribution in [0.15, 0.2) is 24.6 Å². The zero-order valence-electron chi connectivity index (χ0n) is 10.4. The van der Waals surface area contributed by atoms with Gasteiger partial charge in [-0.25, -0.2) is 0 Å². The van der Waals surface area contributed by atoms with Crippen LogP contribution in [0.4, 0.5) is 0 Å². The maximum absolute atomic E-state index is 4.15. The molecule has 1 heterocycles. The number of allylic oxidation sites excluding steroid dienone is 1. The molecule has 2 nitrogen and oxygen atoms in total. The van der Waals surface area contributed by atoms with Gasteiger partial charge in [0.15, 0.2) is 0 Å². The molecule has 0 atom stereocenters. The van der Waals surface area contributed by atoms with Crippen LogP contribution in [0.5, 0.6) is 0 Å². The van der Waals surface area contributed by atoms with Crippen LogP contribution < -0.4 is 0 Å². The van der Waals surface area contributed by atoms with Crippen molar-refractivity contribution in [2.45, 2.75) is 13.8 Å². The van der Waals surface area contributed by atoms with E-state index in [0.717, 1.165) is 20.1 Å². The number of nitrogens with zero attached hydrogens (tertiary/aromatic N) is 2. The molecule has 0 fully saturated rings. The standard InChI is InChI=1S/C10H19B3N2/c1-7(2)8(3)15-10(11-12-13-15)9(4)14(5)6/h7,12-13H,3-4H2,1-2,5-6H3. The van der Waals surface area contributed by atoms with Crippen molar-refractivity contribution in [2.24, 2.45) is 5.92 Å². The van der Waals surface area contributed by atoms with Gasteiger partial charge in [-0.2, -0.15) is 0 Å². The summed E-state index contributed by atoms with van der Waals surface area (Å²) in [6, 6.07) is 0. The molecule has 0 amide bonds. The van der Waals surface area contributed by atoms with Crippen LogP contribution in [0.2, 0.25) is 0 Å². The van der Waals surface area contributed by atoms with E-state index in [0.29, 0.717) is 5.92 Å². The fourth-order valence-corrected chi connectivity index (χ4v) is 1.67. The van der Waals surface area contributed by atoms with Crippen molar-refractivity contribution in [2.75, 3.05) is 14.1 Å². The minimum absolute atomic E-state index is 0.487. The first-order chi connectivity index (χ1) is 6.95. The third-order valence-electron chi connectivity index (χ3n) is 2.83. The van der Waals surface area contributed by atoms with Crippen LogP contribution in [0.1, 0.15) is 13.8 Å². The van der Waals surface area contributed by atoms with Gasteiger partial charge in [0.25, 0.3) is 0 Å². The topological polar surface area (TPSA) is 6.48 Å². The van der Waals surface area contributed by atoms with E-state index in [9.17, 15) is 0 Å². The van der Waals surface area contributed by atoms with Crippen molar-refractivity contribution in [3.8, 4) is 0 Å². The predicted octanol–water partition coefficient (Wildman–Crippen LogP) is -0.000900. The Kier molecular flexibility index (Phi) is 3.89.